The highest BCUT2D eigenvalue weighted by molar-refractivity contribution is 6.74. The Balaban J connectivity index is 2.50. The molecule has 0 aromatic rings. The maximum absolute atomic E-state index is 14.1. The first-order valence-corrected chi connectivity index (χ1v) is 11.4. The Kier molecular flexibility index (Phi) is 7.93. The van der Waals surface area contributed by atoms with Crippen LogP contribution in [0.2, 0.25) is 18.1 Å². The van der Waals surface area contributed by atoms with E-state index in [0.717, 1.165) is 7.28 Å². The number of amides is 1. The van der Waals surface area contributed by atoms with Gasteiger partial charge in [-0.1, -0.05) is 26.7 Å². The zero-order valence-corrected chi connectivity index (χ0v) is 17.0. The largest absolute Gasteiger partial charge is 0.471 e. The minimum Gasteiger partial charge on any atom is -0.414 e. The Bertz CT molecular complexity index is 586. The molecule has 27 heavy (non-hydrogen) atoms. The standard InChI is InChI=1S/C16H25BF4NO4Si/c1-15(2,3)27(4,5)25-9-10-12(23)11(18)13(26-10)17-7-6-8-22-14(24)16(19,20)21/h10-13,23H,8-9H2,1-5H3,(H,22,24)/t10-,11+,12?,13-/m1/s1. The van der Waals surface area contributed by atoms with Gasteiger partial charge in [-0.05, 0) is 18.1 Å². The zero-order chi connectivity index (χ0) is 21.0. The van der Waals surface area contributed by atoms with Gasteiger partial charge in [0.25, 0.3) is 7.28 Å². The molecule has 1 unspecified atom stereocenters. The lowest BCUT2D eigenvalue weighted by Gasteiger charge is -2.37. The molecule has 2 N–H and O–H groups in total. The SMILES string of the molecule is CC(C)(C)[Si](C)(C)OC[C@H]1O[C@@H]([B]C#CCNC(=O)C(F)(F)F)[C@@H](F)C1O. The molecule has 1 radical (unpaired) electrons. The summed E-state index contributed by atoms with van der Waals surface area (Å²) >= 11 is 0. The Morgan fingerprint density at radius 3 is 2.44 bits per heavy atom. The molecule has 0 aromatic carbocycles. The van der Waals surface area contributed by atoms with E-state index in [1.807, 2.05) is 33.9 Å². The van der Waals surface area contributed by atoms with Gasteiger partial charge in [-0.15, -0.1) is 0 Å². The van der Waals surface area contributed by atoms with Gasteiger partial charge in [0, 0.05) is 0 Å². The summed E-state index contributed by atoms with van der Waals surface area (Å²) in [6.07, 6.45) is -8.95. The van der Waals surface area contributed by atoms with Crippen molar-refractivity contribution in [3.05, 3.63) is 0 Å². The molecule has 11 heteroatoms. The van der Waals surface area contributed by atoms with Gasteiger partial charge < -0.3 is 19.6 Å². The van der Waals surface area contributed by atoms with E-state index in [0.29, 0.717) is 0 Å². The van der Waals surface area contributed by atoms with E-state index >= 15 is 0 Å². The fraction of sp³-hybridized carbons (Fsp3) is 0.812. The van der Waals surface area contributed by atoms with Gasteiger partial charge in [0.05, 0.1) is 19.2 Å². The average Bonchev–Trinajstić information content (AvgIpc) is 2.78. The lowest BCUT2D eigenvalue weighted by Crippen LogP contribution is -2.44. The van der Waals surface area contributed by atoms with Crippen LogP contribution < -0.4 is 5.32 Å². The minimum absolute atomic E-state index is 0.0392. The van der Waals surface area contributed by atoms with E-state index in [1.54, 1.807) is 5.32 Å². The highest BCUT2D eigenvalue weighted by Gasteiger charge is 2.46. The fourth-order valence-corrected chi connectivity index (χ4v) is 2.96. The number of alkyl halides is 4. The number of carbonyl (C=O) groups is 1. The topological polar surface area (TPSA) is 67.8 Å². The van der Waals surface area contributed by atoms with Gasteiger partial charge in [0.1, 0.15) is 18.4 Å². The molecule has 1 rings (SSSR count). The lowest BCUT2D eigenvalue weighted by atomic mass is 9.70. The second-order valence-corrected chi connectivity index (χ2v) is 12.6. The van der Waals surface area contributed by atoms with E-state index in [9.17, 15) is 27.5 Å². The molecule has 0 aliphatic carbocycles. The van der Waals surface area contributed by atoms with Crippen LogP contribution in [-0.4, -0.2) is 70.3 Å². The Hall–Kier alpha value is -1.09. The molecular formula is C16H25BF4NO4Si. The number of ether oxygens (including phenoxy) is 1. The van der Waals surface area contributed by atoms with Crippen LogP contribution in [0.3, 0.4) is 0 Å². The maximum Gasteiger partial charge on any atom is 0.471 e. The van der Waals surface area contributed by atoms with Crippen molar-refractivity contribution in [1.29, 1.82) is 0 Å². The highest BCUT2D eigenvalue weighted by Crippen LogP contribution is 2.37. The van der Waals surface area contributed by atoms with Crippen LogP contribution in [0.5, 0.6) is 0 Å². The first kappa shape index (κ1) is 24.0. The van der Waals surface area contributed by atoms with Crippen LogP contribution in [0, 0.1) is 11.7 Å². The van der Waals surface area contributed by atoms with Crippen molar-refractivity contribution in [3.63, 3.8) is 0 Å². The summed E-state index contributed by atoms with van der Waals surface area (Å²) in [4.78, 5) is 10.6. The smallest absolute Gasteiger partial charge is 0.414 e. The molecule has 1 heterocycles. The highest BCUT2D eigenvalue weighted by atomic mass is 28.4. The molecule has 1 amide bonds. The number of rotatable bonds is 5. The molecule has 5 nitrogen and oxygen atoms in total. The summed E-state index contributed by atoms with van der Waals surface area (Å²) in [5.74, 6) is 2.49. The molecule has 1 saturated heterocycles. The van der Waals surface area contributed by atoms with E-state index in [1.165, 1.54) is 0 Å². The fourth-order valence-electron chi connectivity index (χ4n) is 1.95. The number of hydrogen-bond acceptors (Lipinski definition) is 4. The van der Waals surface area contributed by atoms with Gasteiger partial charge in [-0.3, -0.25) is 4.79 Å². The van der Waals surface area contributed by atoms with Gasteiger partial charge in [0.2, 0.25) is 0 Å². The molecule has 4 atom stereocenters. The predicted octanol–water partition coefficient (Wildman–Crippen LogP) is 1.78. The quantitative estimate of drug-likeness (QED) is 0.412. The first-order chi connectivity index (χ1) is 12.2. The number of hydrogen-bond donors (Lipinski definition) is 2. The van der Waals surface area contributed by atoms with Crippen molar-refractivity contribution < 1.29 is 36.6 Å². The Morgan fingerprint density at radius 2 is 1.93 bits per heavy atom. The van der Waals surface area contributed by atoms with E-state index in [4.69, 9.17) is 9.16 Å². The monoisotopic (exact) mass is 410 g/mol. The lowest BCUT2D eigenvalue weighted by molar-refractivity contribution is -0.173. The number of aliphatic hydroxyl groups is 1. The van der Waals surface area contributed by atoms with Crippen LogP contribution >= 0.6 is 0 Å². The Morgan fingerprint density at radius 1 is 1.33 bits per heavy atom. The van der Waals surface area contributed by atoms with Crippen LogP contribution in [0.4, 0.5) is 17.6 Å². The van der Waals surface area contributed by atoms with E-state index in [-0.39, 0.29) is 11.6 Å². The van der Waals surface area contributed by atoms with Crippen LogP contribution in [0.15, 0.2) is 0 Å². The van der Waals surface area contributed by atoms with Crippen LogP contribution in [0.1, 0.15) is 20.8 Å². The summed E-state index contributed by atoms with van der Waals surface area (Å²) in [6.45, 7) is 9.68. The van der Waals surface area contributed by atoms with Crippen molar-refractivity contribution >= 4 is 21.5 Å². The zero-order valence-electron chi connectivity index (χ0n) is 16.0. The summed E-state index contributed by atoms with van der Waals surface area (Å²) in [7, 11) is -0.981. The normalized spacial score (nSPS) is 26.3. The molecule has 153 valence electrons. The molecule has 0 spiro atoms. The number of nitrogens with one attached hydrogen (secondary N) is 1. The third kappa shape index (κ3) is 6.78. The molecule has 1 aliphatic rings. The minimum atomic E-state index is -4.98. The first-order valence-electron chi connectivity index (χ1n) is 8.45. The second-order valence-electron chi connectivity index (χ2n) is 7.81. The summed E-state index contributed by atoms with van der Waals surface area (Å²) in [6, 6.07) is -1.13. The van der Waals surface area contributed by atoms with Crippen molar-refractivity contribution in [3.8, 4) is 11.7 Å². The second kappa shape index (κ2) is 8.94. The molecule has 0 saturated carbocycles. The maximum atomic E-state index is 14.1. The van der Waals surface area contributed by atoms with Crippen molar-refractivity contribution in [1.82, 2.24) is 5.32 Å². The molecule has 1 fully saturated rings. The van der Waals surface area contributed by atoms with Crippen molar-refractivity contribution in [2.24, 2.45) is 0 Å². The van der Waals surface area contributed by atoms with Gasteiger partial charge in [-0.25, -0.2) is 4.39 Å². The van der Waals surface area contributed by atoms with Gasteiger partial charge in [0.15, 0.2) is 8.32 Å². The molecular weight excluding hydrogens is 385 g/mol. The van der Waals surface area contributed by atoms with E-state index < -0.39 is 51.3 Å². The number of halogens is 4. The van der Waals surface area contributed by atoms with Crippen molar-refractivity contribution in [2.45, 2.75) is 69.5 Å². The average molecular weight is 410 g/mol. The molecule has 1 aliphatic heterocycles. The number of aliphatic hydroxyl groups excluding tert-OH is 1. The third-order valence-corrected chi connectivity index (χ3v) is 9.21. The van der Waals surface area contributed by atoms with Gasteiger partial charge in [-0.2, -0.15) is 19.0 Å². The van der Waals surface area contributed by atoms with Crippen LogP contribution in [-0.2, 0) is 14.0 Å². The predicted molar refractivity (Wildman–Crippen MR) is 95.3 cm³/mol. The molecule has 0 aromatic heterocycles. The molecule has 0 bridgehead atoms. The third-order valence-electron chi connectivity index (χ3n) is 4.71. The number of carbonyl (C=O) groups excluding carboxylic acids is 1. The summed E-state index contributed by atoms with van der Waals surface area (Å²) in [5.41, 5.74) is 0. The van der Waals surface area contributed by atoms with Crippen LogP contribution in [0.25, 0.3) is 0 Å². The summed E-state index contributed by atoms with van der Waals surface area (Å²) < 4.78 is 61.5. The van der Waals surface area contributed by atoms with Gasteiger partial charge >= 0.3 is 12.1 Å². The summed E-state index contributed by atoms with van der Waals surface area (Å²) in [5, 5.41) is 11.5. The van der Waals surface area contributed by atoms with Crippen molar-refractivity contribution in [2.75, 3.05) is 13.2 Å². The van der Waals surface area contributed by atoms with E-state index in [2.05, 4.69) is 11.7 Å². The Labute approximate surface area is 158 Å².